The molecule has 5 nitrogen and oxygen atoms in total. The van der Waals surface area contributed by atoms with Gasteiger partial charge in [-0.2, -0.15) is 0 Å². The highest BCUT2D eigenvalue weighted by atomic mass is 16.5. The Kier molecular flexibility index (Phi) is 5.39. The van der Waals surface area contributed by atoms with E-state index in [0.717, 1.165) is 23.8 Å². The van der Waals surface area contributed by atoms with Crippen molar-refractivity contribution in [3.05, 3.63) is 30.6 Å². The van der Waals surface area contributed by atoms with Crippen LogP contribution in [0.2, 0.25) is 0 Å². The summed E-state index contributed by atoms with van der Waals surface area (Å²) in [6.45, 7) is 5.57. The SMILES string of the molecule is CC(C)OCCn1ccnc1-c1cnc(C2CCCCC2)nc1. The van der Waals surface area contributed by atoms with Gasteiger partial charge in [-0.15, -0.1) is 0 Å². The summed E-state index contributed by atoms with van der Waals surface area (Å²) in [5.41, 5.74) is 0.971. The molecule has 23 heavy (non-hydrogen) atoms. The van der Waals surface area contributed by atoms with Crippen LogP contribution in [0.15, 0.2) is 24.8 Å². The van der Waals surface area contributed by atoms with Gasteiger partial charge in [0.2, 0.25) is 0 Å². The summed E-state index contributed by atoms with van der Waals surface area (Å²) >= 11 is 0. The summed E-state index contributed by atoms with van der Waals surface area (Å²) in [4.78, 5) is 13.7. The molecule has 0 atom stereocenters. The molecule has 0 aliphatic heterocycles. The molecule has 0 unspecified atom stereocenters. The van der Waals surface area contributed by atoms with Gasteiger partial charge in [-0.05, 0) is 26.7 Å². The highest BCUT2D eigenvalue weighted by Gasteiger charge is 2.18. The highest BCUT2D eigenvalue weighted by molar-refractivity contribution is 5.52. The molecule has 3 rings (SSSR count). The first-order valence-electron chi connectivity index (χ1n) is 8.69. The van der Waals surface area contributed by atoms with Gasteiger partial charge in [0, 0.05) is 37.3 Å². The van der Waals surface area contributed by atoms with E-state index in [1.54, 1.807) is 0 Å². The minimum Gasteiger partial charge on any atom is -0.377 e. The molecule has 0 spiro atoms. The number of ether oxygens (including phenoxy) is 1. The van der Waals surface area contributed by atoms with Crippen LogP contribution in [0.1, 0.15) is 57.7 Å². The molecule has 2 aromatic heterocycles. The van der Waals surface area contributed by atoms with Gasteiger partial charge >= 0.3 is 0 Å². The van der Waals surface area contributed by atoms with Crippen LogP contribution in [0.25, 0.3) is 11.4 Å². The molecule has 0 bridgehead atoms. The Bertz CT molecular complexity index is 600. The Morgan fingerprint density at radius 3 is 2.57 bits per heavy atom. The molecule has 2 aromatic rings. The maximum absolute atomic E-state index is 5.62. The predicted molar refractivity (Wildman–Crippen MR) is 90.2 cm³/mol. The lowest BCUT2D eigenvalue weighted by Gasteiger charge is -2.20. The maximum Gasteiger partial charge on any atom is 0.143 e. The van der Waals surface area contributed by atoms with Crippen molar-refractivity contribution in [1.29, 1.82) is 0 Å². The quantitative estimate of drug-likeness (QED) is 0.813. The van der Waals surface area contributed by atoms with Gasteiger partial charge in [0.15, 0.2) is 0 Å². The third-order valence-corrected chi connectivity index (χ3v) is 4.40. The second-order valence-corrected chi connectivity index (χ2v) is 6.53. The Balaban J connectivity index is 1.68. The molecule has 0 N–H and O–H groups in total. The van der Waals surface area contributed by atoms with Crippen molar-refractivity contribution >= 4 is 0 Å². The van der Waals surface area contributed by atoms with E-state index >= 15 is 0 Å². The Morgan fingerprint density at radius 2 is 1.87 bits per heavy atom. The fourth-order valence-corrected chi connectivity index (χ4v) is 3.16. The highest BCUT2D eigenvalue weighted by Crippen LogP contribution is 2.30. The maximum atomic E-state index is 5.62. The second kappa shape index (κ2) is 7.68. The van der Waals surface area contributed by atoms with E-state index in [1.165, 1.54) is 32.1 Å². The summed E-state index contributed by atoms with van der Waals surface area (Å²) in [6, 6.07) is 0. The van der Waals surface area contributed by atoms with Crippen LogP contribution in [0, 0.1) is 0 Å². The Labute approximate surface area is 138 Å². The third kappa shape index (κ3) is 4.16. The first-order valence-corrected chi connectivity index (χ1v) is 8.69. The first-order chi connectivity index (χ1) is 11.2. The molecule has 5 heteroatoms. The zero-order valence-corrected chi connectivity index (χ0v) is 14.1. The third-order valence-electron chi connectivity index (χ3n) is 4.40. The van der Waals surface area contributed by atoms with Crippen molar-refractivity contribution in [1.82, 2.24) is 19.5 Å². The molecule has 1 aliphatic rings. The van der Waals surface area contributed by atoms with Gasteiger partial charge < -0.3 is 9.30 Å². The summed E-state index contributed by atoms with van der Waals surface area (Å²) in [5.74, 6) is 2.44. The van der Waals surface area contributed by atoms with Crippen molar-refractivity contribution in [2.75, 3.05) is 6.61 Å². The smallest absolute Gasteiger partial charge is 0.143 e. The van der Waals surface area contributed by atoms with Gasteiger partial charge in [-0.3, -0.25) is 0 Å². The predicted octanol–water partition coefficient (Wildman–Crippen LogP) is 3.81. The summed E-state index contributed by atoms with van der Waals surface area (Å²) in [5, 5.41) is 0. The van der Waals surface area contributed by atoms with Crippen LogP contribution in [-0.4, -0.2) is 32.2 Å². The van der Waals surface area contributed by atoms with Crippen molar-refractivity contribution in [3.63, 3.8) is 0 Å². The monoisotopic (exact) mass is 314 g/mol. The molecular formula is C18H26N4O. The van der Waals surface area contributed by atoms with Crippen molar-refractivity contribution in [3.8, 4) is 11.4 Å². The van der Waals surface area contributed by atoms with Crippen LogP contribution in [0.4, 0.5) is 0 Å². The fourth-order valence-electron chi connectivity index (χ4n) is 3.16. The Morgan fingerprint density at radius 1 is 1.13 bits per heavy atom. The molecule has 0 amide bonds. The number of hydrogen-bond donors (Lipinski definition) is 0. The standard InChI is InChI=1S/C18H26N4O/c1-14(2)23-11-10-22-9-8-19-18(22)16-12-20-17(21-13-16)15-6-4-3-5-7-15/h8-9,12-15H,3-7,10-11H2,1-2H3. The average molecular weight is 314 g/mol. The van der Waals surface area contributed by atoms with E-state index in [2.05, 4.69) is 19.5 Å². The molecule has 1 fully saturated rings. The minimum absolute atomic E-state index is 0.250. The molecule has 0 saturated heterocycles. The van der Waals surface area contributed by atoms with Crippen molar-refractivity contribution in [2.45, 2.75) is 64.5 Å². The van der Waals surface area contributed by atoms with Crippen LogP contribution in [-0.2, 0) is 11.3 Å². The Hall–Kier alpha value is -1.75. The fraction of sp³-hybridized carbons (Fsp3) is 0.611. The molecule has 0 aromatic carbocycles. The minimum atomic E-state index is 0.250. The number of rotatable bonds is 6. The zero-order chi connectivity index (χ0) is 16.1. The normalized spacial score (nSPS) is 16.1. The van der Waals surface area contributed by atoms with Crippen LogP contribution in [0.3, 0.4) is 0 Å². The van der Waals surface area contributed by atoms with E-state index in [9.17, 15) is 0 Å². The molecule has 0 radical (unpaired) electrons. The molecular weight excluding hydrogens is 288 g/mol. The number of imidazole rings is 1. The summed E-state index contributed by atoms with van der Waals surface area (Å²) in [7, 11) is 0. The van der Waals surface area contributed by atoms with E-state index in [4.69, 9.17) is 4.74 Å². The first kappa shape index (κ1) is 16.1. The van der Waals surface area contributed by atoms with E-state index < -0.39 is 0 Å². The molecule has 1 saturated carbocycles. The largest absolute Gasteiger partial charge is 0.377 e. The average Bonchev–Trinajstić information content (AvgIpc) is 3.04. The second-order valence-electron chi connectivity index (χ2n) is 6.53. The van der Waals surface area contributed by atoms with E-state index in [-0.39, 0.29) is 6.10 Å². The summed E-state index contributed by atoms with van der Waals surface area (Å²) in [6.07, 6.45) is 14.3. The van der Waals surface area contributed by atoms with E-state index in [1.807, 2.05) is 38.6 Å². The molecule has 1 aliphatic carbocycles. The number of hydrogen-bond acceptors (Lipinski definition) is 4. The number of aromatic nitrogens is 4. The van der Waals surface area contributed by atoms with Gasteiger partial charge in [0.1, 0.15) is 11.6 Å². The van der Waals surface area contributed by atoms with Crippen LogP contribution >= 0.6 is 0 Å². The van der Waals surface area contributed by atoms with Gasteiger partial charge in [0.25, 0.3) is 0 Å². The number of nitrogens with zero attached hydrogens (tertiary/aromatic N) is 4. The van der Waals surface area contributed by atoms with E-state index in [0.29, 0.717) is 12.5 Å². The lowest BCUT2D eigenvalue weighted by atomic mass is 9.89. The van der Waals surface area contributed by atoms with Gasteiger partial charge in [-0.25, -0.2) is 15.0 Å². The summed E-state index contributed by atoms with van der Waals surface area (Å²) < 4.78 is 7.72. The zero-order valence-electron chi connectivity index (χ0n) is 14.1. The van der Waals surface area contributed by atoms with Crippen molar-refractivity contribution in [2.24, 2.45) is 0 Å². The van der Waals surface area contributed by atoms with Crippen LogP contribution < -0.4 is 0 Å². The van der Waals surface area contributed by atoms with Gasteiger partial charge in [-0.1, -0.05) is 19.3 Å². The topological polar surface area (TPSA) is 52.8 Å². The lowest BCUT2D eigenvalue weighted by Crippen LogP contribution is -2.11. The van der Waals surface area contributed by atoms with Gasteiger partial charge in [0.05, 0.1) is 18.3 Å². The lowest BCUT2D eigenvalue weighted by molar-refractivity contribution is 0.0729. The van der Waals surface area contributed by atoms with Crippen molar-refractivity contribution < 1.29 is 4.74 Å². The molecule has 2 heterocycles. The molecule has 124 valence electrons. The van der Waals surface area contributed by atoms with Crippen LogP contribution in [0.5, 0.6) is 0 Å².